The Hall–Kier alpha value is -1.26. The number of furan rings is 1. The van der Waals surface area contributed by atoms with Gasteiger partial charge in [0.1, 0.15) is 5.76 Å². The lowest BCUT2D eigenvalue weighted by Gasteiger charge is -2.24. The maximum absolute atomic E-state index is 13.8. The van der Waals surface area contributed by atoms with Gasteiger partial charge in [-0.3, -0.25) is 0 Å². The number of anilines is 1. The summed E-state index contributed by atoms with van der Waals surface area (Å²) < 4.78 is 19.5. The maximum Gasteiger partial charge on any atom is 0.170 e. The Kier molecular flexibility index (Phi) is 3.74. The molecule has 1 atom stereocenters. The molecule has 1 aliphatic rings. The Balaban J connectivity index is 0.00000133. The summed E-state index contributed by atoms with van der Waals surface area (Å²) in [5.41, 5.74) is 7.70. The third kappa shape index (κ3) is 2.30. The van der Waals surface area contributed by atoms with E-state index in [-0.39, 0.29) is 18.2 Å². The van der Waals surface area contributed by atoms with Crippen LogP contribution in [0.15, 0.2) is 16.5 Å². The Labute approximate surface area is 118 Å². The normalized spacial score (nSPS) is 18.4. The van der Waals surface area contributed by atoms with Crippen molar-refractivity contribution in [1.82, 2.24) is 0 Å². The average Bonchev–Trinajstić information content (AvgIpc) is 2.67. The Bertz CT molecular complexity index is 609. The minimum Gasteiger partial charge on any atom is -1.00 e. The number of rotatable bonds is 1. The molecule has 1 heterocycles. The Morgan fingerprint density at radius 2 is 2.11 bits per heavy atom. The van der Waals surface area contributed by atoms with E-state index in [0.717, 1.165) is 36.0 Å². The third-order valence-electron chi connectivity index (χ3n) is 3.94. The molecular weight excluding hydrogens is 267 g/mol. The van der Waals surface area contributed by atoms with E-state index in [1.807, 2.05) is 6.07 Å². The van der Waals surface area contributed by atoms with Crippen LogP contribution in [0.4, 0.5) is 10.1 Å². The van der Waals surface area contributed by atoms with Gasteiger partial charge < -0.3 is 27.5 Å². The van der Waals surface area contributed by atoms with Crippen LogP contribution in [-0.2, 0) is 12.8 Å². The first-order valence-electron chi connectivity index (χ1n) is 6.35. The monoisotopic (exact) mass is 284 g/mol. The molecule has 0 amide bonds. The van der Waals surface area contributed by atoms with Gasteiger partial charge >= 0.3 is 0 Å². The summed E-state index contributed by atoms with van der Waals surface area (Å²) in [7, 11) is 4.32. The summed E-state index contributed by atoms with van der Waals surface area (Å²) in [5, 5.41) is 0.855. The molecule has 0 bridgehead atoms. The lowest BCUT2D eigenvalue weighted by molar-refractivity contribution is -0.886. The Morgan fingerprint density at radius 3 is 2.79 bits per heavy atom. The number of likely N-dealkylation sites (N-methyl/N-ethyl adjacent to an activating group) is 1. The third-order valence-corrected chi connectivity index (χ3v) is 3.94. The maximum atomic E-state index is 13.8. The summed E-state index contributed by atoms with van der Waals surface area (Å²) in [5.74, 6) is 0.583. The molecule has 3 N–H and O–H groups in total. The van der Waals surface area contributed by atoms with Crippen molar-refractivity contribution in [1.29, 1.82) is 0 Å². The van der Waals surface area contributed by atoms with Gasteiger partial charge in [0.15, 0.2) is 11.4 Å². The number of fused-ring (bicyclic) bond motifs is 3. The number of quaternary nitrogens is 1. The number of nitrogen functional groups attached to an aromatic ring is 1. The van der Waals surface area contributed by atoms with Crippen LogP contribution in [0.2, 0.25) is 0 Å². The fourth-order valence-electron chi connectivity index (χ4n) is 2.85. The van der Waals surface area contributed by atoms with Crippen LogP contribution in [0.5, 0.6) is 0 Å². The van der Waals surface area contributed by atoms with Crippen LogP contribution in [0.1, 0.15) is 17.7 Å². The number of benzene rings is 1. The molecule has 2 aromatic rings. The molecule has 3 nitrogen and oxygen atoms in total. The Morgan fingerprint density at radius 1 is 1.37 bits per heavy atom. The molecule has 0 saturated carbocycles. The molecule has 5 heteroatoms. The molecule has 104 valence electrons. The summed E-state index contributed by atoms with van der Waals surface area (Å²) >= 11 is 0. The topological polar surface area (TPSA) is 43.6 Å². The molecule has 0 aliphatic heterocycles. The molecule has 1 aromatic heterocycles. The van der Waals surface area contributed by atoms with E-state index in [4.69, 9.17) is 10.2 Å². The van der Waals surface area contributed by atoms with Gasteiger partial charge in [-0.15, -0.1) is 0 Å². The lowest BCUT2D eigenvalue weighted by Crippen LogP contribution is -3.10. The first kappa shape index (κ1) is 14.2. The van der Waals surface area contributed by atoms with Gasteiger partial charge in [0.2, 0.25) is 0 Å². The van der Waals surface area contributed by atoms with E-state index in [2.05, 4.69) is 14.1 Å². The molecule has 19 heavy (non-hydrogen) atoms. The smallest absolute Gasteiger partial charge is 0.170 e. The molecule has 0 radical (unpaired) electrons. The molecule has 0 fully saturated rings. The van der Waals surface area contributed by atoms with Crippen molar-refractivity contribution >= 4 is 16.7 Å². The van der Waals surface area contributed by atoms with Gasteiger partial charge in [0.05, 0.1) is 20.1 Å². The van der Waals surface area contributed by atoms with Gasteiger partial charge in [-0.2, -0.15) is 0 Å². The van der Waals surface area contributed by atoms with E-state index < -0.39 is 0 Å². The van der Waals surface area contributed by atoms with E-state index in [1.165, 1.54) is 11.0 Å². The molecule has 1 aliphatic carbocycles. The quantitative estimate of drug-likeness (QED) is 0.605. The predicted octanol–water partition coefficient (Wildman–Crippen LogP) is -1.84. The average molecular weight is 285 g/mol. The summed E-state index contributed by atoms with van der Waals surface area (Å²) in [4.78, 5) is 1.43. The molecule has 1 unspecified atom stereocenters. The van der Waals surface area contributed by atoms with E-state index in [9.17, 15) is 4.39 Å². The van der Waals surface area contributed by atoms with Crippen molar-refractivity contribution in [3.8, 4) is 0 Å². The van der Waals surface area contributed by atoms with Crippen LogP contribution in [-0.4, -0.2) is 20.1 Å². The first-order valence-corrected chi connectivity index (χ1v) is 6.35. The molecule has 1 aromatic carbocycles. The molecule has 0 spiro atoms. The second kappa shape index (κ2) is 5.02. The van der Waals surface area contributed by atoms with E-state index >= 15 is 0 Å². The zero-order chi connectivity index (χ0) is 12.9. The number of halogens is 2. The highest BCUT2D eigenvalue weighted by molar-refractivity contribution is 5.86. The van der Waals surface area contributed by atoms with Crippen LogP contribution in [0, 0.1) is 5.82 Å². The minimum absolute atomic E-state index is 0. The summed E-state index contributed by atoms with van der Waals surface area (Å²) in [6.45, 7) is 0. The van der Waals surface area contributed by atoms with Crippen molar-refractivity contribution in [2.45, 2.75) is 25.3 Å². The first-order chi connectivity index (χ1) is 8.56. The van der Waals surface area contributed by atoms with Crippen LogP contribution < -0.4 is 23.0 Å². The fraction of sp³-hybridized carbons (Fsp3) is 0.429. The zero-order valence-corrected chi connectivity index (χ0v) is 11.9. The van der Waals surface area contributed by atoms with Gasteiger partial charge in [0.25, 0.3) is 0 Å². The molecular formula is C14H18ClFN2O. The number of hydrogen-bond acceptors (Lipinski definition) is 2. The van der Waals surface area contributed by atoms with E-state index in [0.29, 0.717) is 17.3 Å². The zero-order valence-electron chi connectivity index (χ0n) is 11.1. The number of nitrogens with two attached hydrogens (primary N) is 1. The van der Waals surface area contributed by atoms with Crippen molar-refractivity contribution in [3.05, 3.63) is 29.3 Å². The van der Waals surface area contributed by atoms with Crippen molar-refractivity contribution in [2.75, 3.05) is 19.8 Å². The SMILES string of the molecule is C[NH+](C)C1CCc2oc3c(F)cc(N)cc3c2C1.[Cl-]. The lowest BCUT2D eigenvalue weighted by atomic mass is 9.91. The highest BCUT2D eigenvalue weighted by atomic mass is 35.5. The number of hydrogen-bond donors (Lipinski definition) is 2. The highest BCUT2D eigenvalue weighted by Crippen LogP contribution is 2.34. The predicted molar refractivity (Wildman–Crippen MR) is 69.2 cm³/mol. The van der Waals surface area contributed by atoms with E-state index in [1.54, 1.807) is 0 Å². The second-order valence-electron chi connectivity index (χ2n) is 5.40. The van der Waals surface area contributed by atoms with Crippen LogP contribution in [0.25, 0.3) is 11.0 Å². The largest absolute Gasteiger partial charge is 1.00 e. The standard InChI is InChI=1S/C14H17FN2O.ClH/c1-17(2)9-3-4-13-10(7-9)11-5-8(16)6-12(15)14(11)18-13;/h5-6,9H,3-4,7,16H2,1-2H3;1H. The van der Waals surface area contributed by atoms with Crippen molar-refractivity contribution < 1.29 is 26.1 Å². The second-order valence-corrected chi connectivity index (χ2v) is 5.40. The van der Waals surface area contributed by atoms with Crippen molar-refractivity contribution in [2.24, 2.45) is 0 Å². The molecule has 3 rings (SSSR count). The molecule has 0 saturated heterocycles. The van der Waals surface area contributed by atoms with Gasteiger partial charge in [-0.1, -0.05) is 0 Å². The summed E-state index contributed by atoms with van der Waals surface area (Å²) in [6.07, 6.45) is 2.92. The fourth-order valence-corrected chi connectivity index (χ4v) is 2.85. The van der Waals surface area contributed by atoms with Crippen LogP contribution in [0.3, 0.4) is 0 Å². The summed E-state index contributed by atoms with van der Waals surface area (Å²) in [6, 6.07) is 3.72. The van der Waals surface area contributed by atoms with Crippen molar-refractivity contribution in [3.63, 3.8) is 0 Å². The van der Waals surface area contributed by atoms with Gasteiger partial charge in [-0.05, 0) is 6.07 Å². The van der Waals surface area contributed by atoms with Gasteiger partial charge in [0, 0.05) is 42.0 Å². The van der Waals surface area contributed by atoms with Gasteiger partial charge in [-0.25, -0.2) is 4.39 Å². The number of aryl methyl sites for hydroxylation is 1. The minimum atomic E-state index is -0.354. The van der Waals surface area contributed by atoms with Crippen LogP contribution >= 0.6 is 0 Å². The highest BCUT2D eigenvalue weighted by Gasteiger charge is 2.28. The number of nitrogens with one attached hydrogen (secondary N) is 1.